The Morgan fingerprint density at radius 2 is 2.00 bits per heavy atom. The fraction of sp³-hybridized carbons (Fsp3) is 0.438. The van der Waals surface area contributed by atoms with Gasteiger partial charge in [-0.3, -0.25) is 4.90 Å². The minimum atomic E-state index is -4.59. The first-order chi connectivity index (χ1) is 12.2. The molecule has 1 aliphatic heterocycles. The van der Waals surface area contributed by atoms with Gasteiger partial charge in [-0.25, -0.2) is 13.4 Å². The summed E-state index contributed by atoms with van der Waals surface area (Å²) < 4.78 is 66.2. The van der Waals surface area contributed by atoms with Gasteiger partial charge in [-0.15, -0.1) is 0 Å². The van der Waals surface area contributed by atoms with Crippen LogP contribution in [0.25, 0.3) is 0 Å². The molecule has 1 unspecified atom stereocenters. The number of imidazole rings is 1. The van der Waals surface area contributed by atoms with Crippen LogP contribution in [0.2, 0.25) is 0 Å². The molecule has 1 aromatic heterocycles. The molecule has 142 valence electrons. The van der Waals surface area contributed by atoms with E-state index in [1.807, 2.05) is 11.9 Å². The molecule has 10 heteroatoms. The second-order valence-corrected chi connectivity index (χ2v) is 8.21. The molecule has 26 heavy (non-hydrogen) atoms. The third-order valence-electron chi connectivity index (χ3n) is 4.50. The Morgan fingerprint density at radius 1 is 1.27 bits per heavy atom. The Bertz CT molecular complexity index is 853. The van der Waals surface area contributed by atoms with E-state index in [0.717, 1.165) is 6.07 Å². The molecule has 0 radical (unpaired) electrons. The molecule has 1 fully saturated rings. The Kier molecular flexibility index (Phi) is 5.09. The zero-order chi connectivity index (χ0) is 18.9. The second kappa shape index (κ2) is 7.01. The summed E-state index contributed by atoms with van der Waals surface area (Å²) in [5, 5.41) is 0. The molecular weight excluding hydrogens is 369 g/mol. The first-order valence-electron chi connectivity index (χ1n) is 8.01. The maximum atomic E-state index is 13.1. The van der Waals surface area contributed by atoms with Gasteiger partial charge in [0.15, 0.2) is 0 Å². The van der Waals surface area contributed by atoms with Crippen LogP contribution in [0.3, 0.4) is 0 Å². The van der Waals surface area contributed by atoms with Crippen LogP contribution in [0.15, 0.2) is 36.7 Å². The number of sulfonamides is 1. The maximum Gasteiger partial charge on any atom is 0.416 e. The highest BCUT2D eigenvalue weighted by Crippen LogP contribution is 2.33. The molecule has 1 N–H and O–H groups in total. The van der Waals surface area contributed by atoms with E-state index < -0.39 is 27.5 Å². The van der Waals surface area contributed by atoms with Crippen molar-refractivity contribution in [2.24, 2.45) is 0 Å². The number of nitrogens with one attached hydrogen (secondary N) is 1. The fourth-order valence-electron chi connectivity index (χ4n) is 3.07. The third-order valence-corrected chi connectivity index (χ3v) is 6.29. The zero-order valence-electron chi connectivity index (χ0n) is 14.1. The van der Waals surface area contributed by atoms with Crippen LogP contribution in [0.4, 0.5) is 13.2 Å². The highest BCUT2D eigenvalue weighted by molar-refractivity contribution is 7.88. The number of nitrogens with zero attached hydrogens (tertiary/aromatic N) is 3. The van der Waals surface area contributed by atoms with Crippen LogP contribution >= 0.6 is 0 Å². The van der Waals surface area contributed by atoms with Gasteiger partial charge in [-0.05, 0) is 18.7 Å². The lowest BCUT2D eigenvalue weighted by Gasteiger charge is -2.37. The second-order valence-electron chi connectivity index (χ2n) is 6.24. The molecule has 0 bridgehead atoms. The third kappa shape index (κ3) is 3.92. The molecule has 0 aliphatic carbocycles. The number of hydrogen-bond acceptors (Lipinski definition) is 4. The van der Waals surface area contributed by atoms with E-state index >= 15 is 0 Å². The number of H-pyrrole nitrogens is 1. The minimum absolute atomic E-state index is 0.139. The number of halogens is 3. The van der Waals surface area contributed by atoms with Gasteiger partial charge in [-0.2, -0.15) is 17.5 Å². The van der Waals surface area contributed by atoms with E-state index in [1.165, 1.54) is 22.5 Å². The predicted octanol–water partition coefficient (Wildman–Crippen LogP) is 2.25. The summed E-state index contributed by atoms with van der Waals surface area (Å²) in [4.78, 5) is 9.10. The van der Waals surface area contributed by atoms with Crippen LogP contribution in [0, 0.1) is 0 Å². The van der Waals surface area contributed by atoms with E-state index in [0.29, 0.717) is 12.4 Å². The van der Waals surface area contributed by atoms with Gasteiger partial charge in [0.25, 0.3) is 0 Å². The lowest BCUT2D eigenvalue weighted by Crippen LogP contribution is -2.49. The molecule has 2 aromatic rings. The summed E-state index contributed by atoms with van der Waals surface area (Å²) in [6.45, 7) is 0.830. The average molecular weight is 388 g/mol. The number of rotatable bonds is 4. The van der Waals surface area contributed by atoms with Gasteiger partial charge < -0.3 is 4.98 Å². The zero-order valence-corrected chi connectivity index (χ0v) is 14.9. The van der Waals surface area contributed by atoms with Crippen LogP contribution in [-0.4, -0.2) is 54.3 Å². The molecule has 1 atom stereocenters. The number of benzene rings is 1. The van der Waals surface area contributed by atoms with Crippen LogP contribution in [0.1, 0.15) is 23.0 Å². The Morgan fingerprint density at radius 3 is 2.65 bits per heavy atom. The van der Waals surface area contributed by atoms with Crippen molar-refractivity contribution < 1.29 is 21.6 Å². The van der Waals surface area contributed by atoms with Crippen molar-refractivity contribution in [1.29, 1.82) is 0 Å². The van der Waals surface area contributed by atoms with Gasteiger partial charge in [0.2, 0.25) is 10.0 Å². The summed E-state index contributed by atoms with van der Waals surface area (Å²) in [5.41, 5.74) is -1.16. The van der Waals surface area contributed by atoms with Crippen molar-refractivity contribution in [1.82, 2.24) is 19.2 Å². The molecule has 0 spiro atoms. The smallest absolute Gasteiger partial charge is 0.347 e. The Labute approximate surface area is 149 Å². The monoisotopic (exact) mass is 388 g/mol. The van der Waals surface area contributed by atoms with Crippen molar-refractivity contribution in [3.8, 4) is 0 Å². The molecule has 6 nitrogen and oxygen atoms in total. The molecule has 0 amide bonds. The van der Waals surface area contributed by atoms with Gasteiger partial charge >= 0.3 is 6.18 Å². The van der Waals surface area contributed by atoms with E-state index in [2.05, 4.69) is 9.97 Å². The van der Waals surface area contributed by atoms with Gasteiger partial charge in [0, 0.05) is 32.0 Å². The lowest BCUT2D eigenvalue weighted by molar-refractivity contribution is -0.138. The SMILES string of the molecule is CN1CCN(S(=O)(=O)Cc2ccccc2C(F)(F)F)CC1c1ncc[nH]1. The Hall–Kier alpha value is -1.91. The van der Waals surface area contributed by atoms with Crippen molar-refractivity contribution in [2.45, 2.75) is 18.0 Å². The molecule has 2 heterocycles. The number of aromatic nitrogens is 2. The van der Waals surface area contributed by atoms with Crippen molar-refractivity contribution in [2.75, 3.05) is 26.7 Å². The van der Waals surface area contributed by atoms with Crippen molar-refractivity contribution in [3.63, 3.8) is 0 Å². The first-order valence-corrected chi connectivity index (χ1v) is 9.62. The quantitative estimate of drug-likeness (QED) is 0.872. The molecule has 1 aromatic carbocycles. The number of aromatic amines is 1. The topological polar surface area (TPSA) is 69.3 Å². The number of likely N-dealkylation sites (N-methyl/N-ethyl adjacent to an activating group) is 1. The molecule has 0 saturated carbocycles. The van der Waals surface area contributed by atoms with E-state index in [-0.39, 0.29) is 24.7 Å². The van der Waals surface area contributed by atoms with Crippen molar-refractivity contribution in [3.05, 3.63) is 53.6 Å². The summed E-state index contributed by atoms with van der Waals surface area (Å²) in [5.74, 6) is -0.0554. The maximum absolute atomic E-state index is 13.1. The van der Waals surface area contributed by atoms with E-state index in [9.17, 15) is 21.6 Å². The molecule has 1 saturated heterocycles. The largest absolute Gasteiger partial charge is 0.416 e. The summed E-state index contributed by atoms with van der Waals surface area (Å²) in [7, 11) is -2.04. The highest BCUT2D eigenvalue weighted by atomic mass is 32.2. The average Bonchev–Trinajstić information content (AvgIpc) is 3.08. The molecule has 3 rings (SSSR count). The van der Waals surface area contributed by atoms with Crippen molar-refractivity contribution >= 4 is 10.0 Å². The predicted molar refractivity (Wildman–Crippen MR) is 89.6 cm³/mol. The molecular formula is C16H19F3N4O2S. The Balaban J connectivity index is 1.83. The summed E-state index contributed by atoms with van der Waals surface area (Å²) >= 11 is 0. The van der Waals surface area contributed by atoms with Crippen LogP contribution in [0.5, 0.6) is 0 Å². The van der Waals surface area contributed by atoms with Gasteiger partial charge in [0.1, 0.15) is 5.82 Å². The van der Waals surface area contributed by atoms with E-state index in [1.54, 1.807) is 12.4 Å². The van der Waals surface area contributed by atoms with Crippen LogP contribution in [-0.2, 0) is 22.0 Å². The number of hydrogen-bond donors (Lipinski definition) is 1. The van der Waals surface area contributed by atoms with Crippen LogP contribution < -0.4 is 0 Å². The number of alkyl halides is 3. The fourth-order valence-corrected chi connectivity index (χ4v) is 4.62. The summed E-state index contributed by atoms with van der Waals surface area (Å²) in [6.07, 6.45) is -1.36. The highest BCUT2D eigenvalue weighted by Gasteiger charge is 2.37. The van der Waals surface area contributed by atoms with Gasteiger partial charge in [-0.1, -0.05) is 18.2 Å². The number of piperazine rings is 1. The minimum Gasteiger partial charge on any atom is -0.347 e. The first kappa shape index (κ1) is 18.9. The summed E-state index contributed by atoms with van der Waals surface area (Å²) in [6, 6.07) is 4.50. The normalized spacial score (nSPS) is 20.4. The standard InChI is InChI=1S/C16H19F3N4O2S/c1-22-8-9-23(10-14(22)15-20-6-7-21-15)26(24,25)11-12-4-2-3-5-13(12)16(17,18)19/h2-7,14H,8-11H2,1H3,(H,20,21). The molecule has 1 aliphatic rings. The lowest BCUT2D eigenvalue weighted by atomic mass is 10.1. The van der Waals surface area contributed by atoms with E-state index in [4.69, 9.17) is 0 Å². The van der Waals surface area contributed by atoms with Gasteiger partial charge in [0.05, 0.1) is 17.4 Å².